The predicted molar refractivity (Wildman–Crippen MR) is 158 cm³/mol. The smallest absolute Gasteiger partial charge is 0.435 e. The van der Waals surface area contributed by atoms with Crippen molar-refractivity contribution in [2.75, 3.05) is 20.3 Å². The molecule has 2 heterocycles. The molecule has 1 aliphatic carbocycles. The molecule has 1 saturated heterocycles. The van der Waals surface area contributed by atoms with Crippen LogP contribution in [-0.2, 0) is 35.6 Å². The summed E-state index contributed by atoms with van der Waals surface area (Å²) >= 11 is 0. The minimum absolute atomic E-state index is 0.0355. The molecular weight excluding hydrogens is 558 g/mol. The van der Waals surface area contributed by atoms with E-state index in [4.69, 9.17) is 14.2 Å². The van der Waals surface area contributed by atoms with Crippen LogP contribution in [0.15, 0.2) is 53.4 Å². The van der Waals surface area contributed by atoms with Crippen LogP contribution < -0.4 is 4.72 Å². The number of likely N-dealkylation sites (tertiary alicyclic amines) is 1. The number of hydrogen-bond donors (Lipinski definition) is 2. The molecule has 1 atom stereocenters. The van der Waals surface area contributed by atoms with Crippen LogP contribution in [0, 0.1) is 5.92 Å². The molecule has 0 radical (unpaired) electrons. The molecule has 226 valence electrons. The summed E-state index contributed by atoms with van der Waals surface area (Å²) in [5.41, 5.74) is 3.73. The third kappa shape index (κ3) is 6.96. The van der Waals surface area contributed by atoms with Crippen LogP contribution in [0.25, 0.3) is 22.2 Å². The van der Waals surface area contributed by atoms with Crippen LogP contribution in [0.1, 0.15) is 57.4 Å². The summed E-state index contributed by atoms with van der Waals surface area (Å²) in [5, 5.41) is 0.923. The number of aromatic amines is 1. The van der Waals surface area contributed by atoms with Crippen LogP contribution in [0.4, 0.5) is 4.79 Å². The van der Waals surface area contributed by atoms with Crippen molar-refractivity contribution in [2.24, 2.45) is 5.92 Å². The molecule has 1 saturated carbocycles. The van der Waals surface area contributed by atoms with Gasteiger partial charge in [-0.1, -0.05) is 30.3 Å². The van der Waals surface area contributed by atoms with E-state index in [1.165, 1.54) is 0 Å². The first-order valence-electron chi connectivity index (χ1n) is 14.6. The second kappa shape index (κ2) is 13.3. The number of methoxy groups -OCH3 is 1. The first-order chi connectivity index (χ1) is 20.3. The van der Waals surface area contributed by atoms with E-state index in [1.54, 1.807) is 31.1 Å². The lowest BCUT2D eigenvalue weighted by molar-refractivity contribution is -0.152. The van der Waals surface area contributed by atoms with Gasteiger partial charge in [0, 0.05) is 48.6 Å². The molecular formula is C31H39N3O7S. The Kier molecular flexibility index (Phi) is 9.50. The first-order valence-corrected chi connectivity index (χ1v) is 16.1. The number of piperidine rings is 1. The number of ether oxygens (including phenoxy) is 3. The summed E-state index contributed by atoms with van der Waals surface area (Å²) in [6.45, 7) is 3.00. The summed E-state index contributed by atoms with van der Waals surface area (Å²) < 4.78 is 45.0. The summed E-state index contributed by atoms with van der Waals surface area (Å²) in [6.07, 6.45) is 3.20. The highest BCUT2D eigenvalue weighted by Gasteiger charge is 2.36. The summed E-state index contributed by atoms with van der Waals surface area (Å²) in [6, 6.07) is 14.9. The fourth-order valence-corrected chi connectivity index (χ4v) is 7.23. The molecule has 2 aromatic carbocycles. The molecule has 3 aromatic rings. The van der Waals surface area contributed by atoms with Crippen molar-refractivity contribution in [3.8, 4) is 11.3 Å². The number of nitrogens with zero attached hydrogens (tertiary/aromatic N) is 1. The Bertz CT molecular complexity index is 1490. The number of fused-ring (bicyclic) bond motifs is 1. The number of aromatic nitrogens is 1. The van der Waals surface area contributed by atoms with Gasteiger partial charge in [0.25, 0.3) is 0 Å². The van der Waals surface area contributed by atoms with Crippen molar-refractivity contribution >= 4 is 33.0 Å². The lowest BCUT2D eigenvalue weighted by atomic mass is 9.85. The standard InChI is InChI=1S/C31H39N3O7S/c1-3-40-31(36)41-29-6-4-5-17-34(29)30(35)23-11-14-25(15-12-23)33-42(37,38)26-16-13-24-18-27(32-28(24)19-26)22-9-7-21(8-10-22)20-39-2/h7-10,13,16,18-19,23,25,29,32-33H,3-6,11-12,14-15,17,20H2,1-2H3/t23-,25-,29?. The summed E-state index contributed by atoms with van der Waals surface area (Å²) in [7, 11) is -2.09. The number of amides is 1. The maximum absolute atomic E-state index is 13.3. The van der Waals surface area contributed by atoms with Gasteiger partial charge in [-0.2, -0.15) is 0 Å². The fourth-order valence-electron chi connectivity index (χ4n) is 5.89. The monoisotopic (exact) mass is 597 g/mol. The molecule has 0 spiro atoms. The number of nitrogens with one attached hydrogen (secondary N) is 2. The van der Waals surface area contributed by atoms with Gasteiger partial charge in [-0.25, -0.2) is 17.9 Å². The van der Waals surface area contributed by atoms with Gasteiger partial charge in [-0.15, -0.1) is 0 Å². The van der Waals surface area contributed by atoms with Crippen LogP contribution in [0.5, 0.6) is 0 Å². The SMILES string of the molecule is CCOC(=O)OC1CCCCN1C(=O)[C@H]1CC[C@H](NS(=O)(=O)c2ccc3cc(-c4ccc(COC)cc4)[nH]c3c2)CC1. The third-order valence-corrected chi connectivity index (χ3v) is 9.62. The molecule has 0 bridgehead atoms. The molecule has 2 N–H and O–H groups in total. The summed E-state index contributed by atoms with van der Waals surface area (Å²) in [5.74, 6) is -0.263. The van der Waals surface area contributed by atoms with Gasteiger partial charge < -0.3 is 24.1 Å². The highest BCUT2D eigenvalue weighted by Crippen LogP contribution is 2.31. The lowest BCUT2D eigenvalue weighted by Gasteiger charge is -2.38. The highest BCUT2D eigenvalue weighted by molar-refractivity contribution is 7.89. The van der Waals surface area contributed by atoms with E-state index in [2.05, 4.69) is 9.71 Å². The zero-order chi connectivity index (χ0) is 29.7. The molecule has 1 unspecified atom stereocenters. The minimum atomic E-state index is -3.76. The van der Waals surface area contributed by atoms with Crippen molar-refractivity contribution < 1.29 is 32.2 Å². The fraction of sp³-hybridized carbons (Fsp3) is 0.484. The molecule has 1 aromatic heterocycles. The van der Waals surface area contributed by atoms with Gasteiger partial charge in [-0.05, 0) is 74.8 Å². The van der Waals surface area contributed by atoms with Gasteiger partial charge in [-0.3, -0.25) is 4.79 Å². The van der Waals surface area contributed by atoms with Crippen LogP contribution in [0.3, 0.4) is 0 Å². The predicted octanol–water partition coefficient (Wildman–Crippen LogP) is 5.33. The van der Waals surface area contributed by atoms with Crippen molar-refractivity contribution in [1.29, 1.82) is 0 Å². The quantitative estimate of drug-likeness (QED) is 0.319. The van der Waals surface area contributed by atoms with Gasteiger partial charge in [0.1, 0.15) is 0 Å². The Balaban J connectivity index is 1.19. The normalized spacial score (nSPS) is 21.3. The van der Waals surface area contributed by atoms with E-state index in [-0.39, 0.29) is 29.4 Å². The zero-order valence-corrected chi connectivity index (χ0v) is 25.0. The Labute approximate surface area is 246 Å². The maximum Gasteiger partial charge on any atom is 0.510 e. The Morgan fingerprint density at radius 2 is 1.76 bits per heavy atom. The third-order valence-electron chi connectivity index (χ3n) is 8.10. The number of sulfonamides is 1. The maximum atomic E-state index is 13.3. The van der Waals surface area contributed by atoms with Crippen LogP contribution >= 0.6 is 0 Å². The topological polar surface area (TPSA) is 127 Å². The van der Waals surface area contributed by atoms with Gasteiger partial charge in [0.15, 0.2) is 6.23 Å². The van der Waals surface area contributed by atoms with E-state index in [1.807, 2.05) is 36.4 Å². The molecule has 10 nitrogen and oxygen atoms in total. The molecule has 42 heavy (non-hydrogen) atoms. The molecule has 1 amide bonds. The van der Waals surface area contributed by atoms with Crippen molar-refractivity contribution in [3.63, 3.8) is 0 Å². The lowest BCUT2D eigenvalue weighted by Crippen LogP contribution is -2.49. The Morgan fingerprint density at radius 3 is 2.48 bits per heavy atom. The Morgan fingerprint density at radius 1 is 1.00 bits per heavy atom. The largest absolute Gasteiger partial charge is 0.510 e. The first kappa shape index (κ1) is 30.1. The molecule has 1 aliphatic heterocycles. The van der Waals surface area contributed by atoms with E-state index in [0.717, 1.165) is 40.6 Å². The van der Waals surface area contributed by atoms with Crippen molar-refractivity contribution in [1.82, 2.24) is 14.6 Å². The van der Waals surface area contributed by atoms with E-state index in [0.29, 0.717) is 45.3 Å². The number of H-pyrrole nitrogens is 1. The zero-order valence-electron chi connectivity index (χ0n) is 24.1. The average molecular weight is 598 g/mol. The summed E-state index contributed by atoms with van der Waals surface area (Å²) in [4.78, 5) is 30.4. The van der Waals surface area contributed by atoms with E-state index >= 15 is 0 Å². The van der Waals surface area contributed by atoms with E-state index in [9.17, 15) is 18.0 Å². The van der Waals surface area contributed by atoms with Gasteiger partial charge in [0.2, 0.25) is 15.9 Å². The number of hydrogen-bond acceptors (Lipinski definition) is 7. The molecule has 11 heteroatoms. The highest BCUT2D eigenvalue weighted by atomic mass is 32.2. The van der Waals surface area contributed by atoms with Gasteiger partial charge >= 0.3 is 6.16 Å². The second-order valence-corrected chi connectivity index (χ2v) is 12.7. The molecule has 2 fully saturated rings. The molecule has 2 aliphatic rings. The average Bonchev–Trinajstić information content (AvgIpc) is 3.42. The minimum Gasteiger partial charge on any atom is -0.435 e. The van der Waals surface area contributed by atoms with Crippen LogP contribution in [0.2, 0.25) is 0 Å². The number of carbonyl (C=O) groups excluding carboxylic acids is 2. The van der Waals surface area contributed by atoms with Crippen molar-refractivity contribution in [2.45, 2.75) is 75.6 Å². The number of carbonyl (C=O) groups is 2. The van der Waals surface area contributed by atoms with Crippen LogP contribution in [-0.4, -0.2) is 62.9 Å². The molecule has 5 rings (SSSR count). The van der Waals surface area contributed by atoms with Gasteiger partial charge in [0.05, 0.1) is 18.1 Å². The van der Waals surface area contributed by atoms with E-state index < -0.39 is 22.4 Å². The second-order valence-electron chi connectivity index (χ2n) is 11.0. The Hall–Kier alpha value is -3.41. The number of rotatable bonds is 9. The number of benzene rings is 2. The van der Waals surface area contributed by atoms with Crippen molar-refractivity contribution in [3.05, 3.63) is 54.1 Å².